The maximum absolute atomic E-state index is 2.51. The molecule has 0 saturated heterocycles. The zero-order chi connectivity index (χ0) is 34.8. The molecule has 0 amide bonds. The van der Waals surface area contributed by atoms with Gasteiger partial charge < -0.3 is 9.13 Å². The first-order valence-corrected chi connectivity index (χ1v) is 19.5. The highest BCUT2D eigenvalue weighted by Crippen LogP contribution is 2.64. The van der Waals surface area contributed by atoms with Crippen LogP contribution in [0.15, 0.2) is 185 Å². The Morgan fingerprint density at radius 1 is 0.547 bits per heavy atom. The van der Waals surface area contributed by atoms with Crippen molar-refractivity contribution in [3.05, 3.63) is 198 Å². The largest absolute Gasteiger partial charge is 0.309 e. The van der Waals surface area contributed by atoms with Gasteiger partial charge in [0.2, 0.25) is 0 Å². The fraction of sp³-hybridized carbons (Fsp3) is 0.0800. The van der Waals surface area contributed by atoms with Crippen molar-refractivity contribution < 1.29 is 0 Å². The van der Waals surface area contributed by atoms with Crippen molar-refractivity contribution in [2.75, 3.05) is 0 Å². The average Bonchev–Trinajstić information content (AvgIpc) is 3.83. The lowest BCUT2D eigenvalue weighted by atomic mass is 9.64. The Labute approximate surface area is 312 Å². The highest BCUT2D eigenvalue weighted by molar-refractivity contribution is 7.99. The lowest BCUT2D eigenvalue weighted by Crippen LogP contribution is -2.34. The molecule has 2 atom stereocenters. The molecule has 2 aromatic heterocycles. The Morgan fingerprint density at radius 3 is 2.08 bits per heavy atom. The van der Waals surface area contributed by atoms with E-state index in [1.807, 2.05) is 11.8 Å². The first-order valence-electron chi connectivity index (χ1n) is 18.7. The van der Waals surface area contributed by atoms with Crippen molar-refractivity contribution >= 4 is 60.9 Å². The third-order valence-electron chi connectivity index (χ3n) is 12.1. The molecular weight excluding hydrogens is 661 g/mol. The van der Waals surface area contributed by atoms with Gasteiger partial charge in [-0.15, -0.1) is 0 Å². The lowest BCUT2D eigenvalue weighted by molar-refractivity contribution is 0.607. The van der Waals surface area contributed by atoms with Crippen molar-refractivity contribution in [2.45, 2.75) is 28.6 Å². The summed E-state index contributed by atoms with van der Waals surface area (Å²) >= 11 is 1.96. The van der Waals surface area contributed by atoms with Crippen molar-refractivity contribution in [1.82, 2.24) is 9.13 Å². The molecule has 2 unspecified atom stereocenters. The summed E-state index contributed by atoms with van der Waals surface area (Å²) < 4.78 is 4.90. The molecule has 2 nitrogen and oxygen atoms in total. The van der Waals surface area contributed by atoms with E-state index in [9.17, 15) is 0 Å². The predicted molar refractivity (Wildman–Crippen MR) is 222 cm³/mol. The minimum Gasteiger partial charge on any atom is -0.309 e. The van der Waals surface area contributed by atoms with Gasteiger partial charge in [-0.2, -0.15) is 0 Å². The van der Waals surface area contributed by atoms with Crippen molar-refractivity contribution in [2.24, 2.45) is 5.92 Å². The van der Waals surface area contributed by atoms with Gasteiger partial charge in [0.15, 0.2) is 0 Å². The van der Waals surface area contributed by atoms with Crippen LogP contribution in [0.1, 0.15) is 35.6 Å². The zero-order valence-electron chi connectivity index (χ0n) is 29.3. The maximum atomic E-state index is 2.51. The smallest absolute Gasteiger partial charge is 0.0698 e. The fourth-order valence-electron chi connectivity index (χ4n) is 10.1. The number of fused-ring (bicyclic) bond motifs is 15. The number of aromatic nitrogens is 2. The molecule has 53 heavy (non-hydrogen) atoms. The van der Waals surface area contributed by atoms with Crippen molar-refractivity contribution in [3.8, 4) is 11.4 Å². The minimum absolute atomic E-state index is 0.336. The number of hydrogen-bond acceptors (Lipinski definition) is 1. The quantitative estimate of drug-likeness (QED) is 0.175. The number of allylic oxidation sites excluding steroid dienone is 4. The summed E-state index contributed by atoms with van der Waals surface area (Å²) in [5, 5.41) is 5.16. The molecule has 7 aromatic carbocycles. The van der Waals surface area contributed by atoms with E-state index < -0.39 is 0 Å². The first-order chi connectivity index (χ1) is 26.2. The van der Waals surface area contributed by atoms with Crippen LogP contribution in [0.25, 0.3) is 60.6 Å². The van der Waals surface area contributed by atoms with Crippen LogP contribution >= 0.6 is 11.8 Å². The van der Waals surface area contributed by atoms with Crippen LogP contribution in [-0.2, 0) is 5.41 Å². The predicted octanol–water partition coefficient (Wildman–Crippen LogP) is 13.0. The molecule has 0 N–H and O–H groups in total. The molecule has 12 rings (SSSR count). The van der Waals surface area contributed by atoms with Gasteiger partial charge in [-0.1, -0.05) is 134 Å². The second-order valence-electron chi connectivity index (χ2n) is 14.9. The van der Waals surface area contributed by atoms with E-state index in [-0.39, 0.29) is 5.41 Å². The van der Waals surface area contributed by atoms with Crippen LogP contribution in [0, 0.1) is 5.92 Å². The molecule has 9 aromatic rings. The van der Waals surface area contributed by atoms with Gasteiger partial charge >= 0.3 is 0 Å². The second-order valence-corrected chi connectivity index (χ2v) is 16.0. The van der Waals surface area contributed by atoms with E-state index in [0.717, 1.165) is 6.42 Å². The maximum Gasteiger partial charge on any atom is 0.0698 e. The second kappa shape index (κ2) is 10.8. The molecule has 0 fully saturated rings. The van der Waals surface area contributed by atoms with Gasteiger partial charge in [-0.3, -0.25) is 0 Å². The molecule has 3 heterocycles. The van der Waals surface area contributed by atoms with E-state index in [2.05, 4.69) is 186 Å². The molecule has 250 valence electrons. The lowest BCUT2D eigenvalue weighted by Gasteiger charge is -2.42. The van der Waals surface area contributed by atoms with Gasteiger partial charge in [-0.05, 0) is 100 Å². The van der Waals surface area contributed by atoms with Gasteiger partial charge in [-0.25, -0.2) is 0 Å². The number of rotatable bonds is 2. The normalized spacial score (nSPS) is 18.6. The standard InChI is InChI=1S/C50H34N2S/c1-31-23-25-35-34-15-5-8-18-39(34)50(42(35)29-31)40-19-9-12-22-47(40)53-49-41(50)26-28-46-48(49)37-17-7-11-21-44(37)52(46)33-24-27-45-38(30-33)36-16-6-10-20-43(36)51(45)32-13-3-2-4-14-32/h2-28,30-31H,29H2,1H3. The minimum atomic E-state index is -0.336. The number of benzene rings is 7. The van der Waals surface area contributed by atoms with Crippen LogP contribution in [-0.4, -0.2) is 9.13 Å². The summed E-state index contributed by atoms with van der Waals surface area (Å²) in [7, 11) is 0. The van der Waals surface area contributed by atoms with Crippen LogP contribution in [0.4, 0.5) is 0 Å². The Hall–Kier alpha value is -6.03. The molecule has 2 aliphatic carbocycles. The third-order valence-corrected chi connectivity index (χ3v) is 13.3. The fourth-order valence-corrected chi connectivity index (χ4v) is 11.4. The Bertz CT molecular complexity index is 3080. The number of nitrogens with zero attached hydrogens (tertiary/aromatic N) is 2. The summed E-state index contributed by atoms with van der Waals surface area (Å²) in [5.74, 6) is 0.485. The van der Waals surface area contributed by atoms with Crippen LogP contribution in [0.2, 0.25) is 0 Å². The summed E-state index contributed by atoms with van der Waals surface area (Å²) in [6, 6.07) is 58.9. The highest BCUT2D eigenvalue weighted by Gasteiger charge is 2.52. The summed E-state index contributed by atoms with van der Waals surface area (Å²) in [6.07, 6.45) is 5.87. The zero-order valence-corrected chi connectivity index (χ0v) is 30.1. The molecule has 0 bridgehead atoms. The van der Waals surface area contributed by atoms with E-state index in [1.54, 1.807) is 5.57 Å². The molecule has 3 heteroatoms. The van der Waals surface area contributed by atoms with Gasteiger partial charge in [0.05, 0.1) is 27.5 Å². The van der Waals surface area contributed by atoms with E-state index >= 15 is 0 Å². The Morgan fingerprint density at radius 2 is 1.21 bits per heavy atom. The first kappa shape index (κ1) is 29.5. The van der Waals surface area contributed by atoms with Crippen LogP contribution in [0.3, 0.4) is 0 Å². The molecule has 1 aliphatic heterocycles. The van der Waals surface area contributed by atoms with Gasteiger partial charge in [0.25, 0.3) is 0 Å². The highest BCUT2D eigenvalue weighted by atomic mass is 32.2. The SMILES string of the molecule is CC1C=CC2=C(C1)C1(c3ccccc3Sc3c1ccc1c3c3ccccc3n1-c1ccc3c(c1)c1ccccc1n3-c1ccccc1)c1ccccc12. The summed E-state index contributed by atoms with van der Waals surface area (Å²) in [5.41, 5.74) is 15.5. The molecule has 0 saturated carbocycles. The van der Waals surface area contributed by atoms with E-state index in [4.69, 9.17) is 0 Å². The van der Waals surface area contributed by atoms with Crippen LogP contribution < -0.4 is 0 Å². The van der Waals surface area contributed by atoms with Crippen molar-refractivity contribution in [1.29, 1.82) is 0 Å². The monoisotopic (exact) mass is 694 g/mol. The Kier molecular flexibility index (Phi) is 5.99. The topological polar surface area (TPSA) is 9.86 Å². The average molecular weight is 695 g/mol. The van der Waals surface area contributed by atoms with E-state index in [0.29, 0.717) is 5.92 Å². The molecular formula is C50H34N2S. The molecule has 3 aliphatic rings. The van der Waals surface area contributed by atoms with Gasteiger partial charge in [0, 0.05) is 42.7 Å². The van der Waals surface area contributed by atoms with Crippen LogP contribution in [0.5, 0.6) is 0 Å². The van der Waals surface area contributed by atoms with Crippen molar-refractivity contribution in [3.63, 3.8) is 0 Å². The Balaban J connectivity index is 1.17. The third kappa shape index (κ3) is 3.80. The van der Waals surface area contributed by atoms with Gasteiger partial charge in [0.1, 0.15) is 0 Å². The number of para-hydroxylation sites is 3. The summed E-state index contributed by atoms with van der Waals surface area (Å²) in [4.78, 5) is 2.73. The van der Waals surface area contributed by atoms with E-state index in [1.165, 1.54) is 92.6 Å². The molecule has 1 spiro atoms. The summed E-state index contributed by atoms with van der Waals surface area (Å²) in [6.45, 7) is 2.37. The molecule has 0 radical (unpaired) electrons. The number of hydrogen-bond donors (Lipinski definition) is 0.